The van der Waals surface area contributed by atoms with Gasteiger partial charge < -0.3 is 18.6 Å². The van der Waals surface area contributed by atoms with E-state index in [1.807, 2.05) is 18.5 Å². The number of nitrogens with zero attached hydrogens (tertiary/aromatic N) is 4. The zero-order chi connectivity index (χ0) is 26.8. The van der Waals surface area contributed by atoms with Crippen molar-refractivity contribution in [2.24, 2.45) is 10.7 Å². The summed E-state index contributed by atoms with van der Waals surface area (Å²) in [7, 11) is 1.16. The van der Waals surface area contributed by atoms with Gasteiger partial charge in [-0.1, -0.05) is 26.8 Å². The van der Waals surface area contributed by atoms with E-state index in [1.54, 1.807) is 23.1 Å². The number of nitrogens with two attached hydrogens (primary N) is 1. The molecule has 2 aromatic heterocycles. The van der Waals surface area contributed by atoms with Crippen molar-refractivity contribution in [3.63, 3.8) is 0 Å². The number of anilines is 1. The standard InChI is InChI=1S/C24H37N7O4Si/c1-15-17-19(28-29-20(32)16-11-9-10-12-26-16)27-23(25)30(5)21(17)31(18(15)22(33)34-6)13-14-35-36(7,8)24(2,3)4/h9-12,23H,13-14,25H2,1-8H3,(H,27,28)(H,29,32). The Balaban J connectivity index is 1.96. The van der Waals surface area contributed by atoms with Crippen LogP contribution >= 0.6 is 0 Å². The number of pyridine rings is 1. The van der Waals surface area contributed by atoms with E-state index >= 15 is 0 Å². The number of amidine groups is 1. The minimum Gasteiger partial charge on any atom is -0.464 e. The molecule has 12 heteroatoms. The summed E-state index contributed by atoms with van der Waals surface area (Å²) in [5.74, 6) is 0.115. The van der Waals surface area contributed by atoms with Crippen LogP contribution in [0.3, 0.4) is 0 Å². The first-order chi connectivity index (χ1) is 16.8. The molecule has 4 N–H and O–H groups in total. The lowest BCUT2D eigenvalue weighted by atomic mass is 10.1. The Morgan fingerprint density at radius 2 is 1.94 bits per heavy atom. The normalized spacial score (nSPS) is 15.8. The van der Waals surface area contributed by atoms with Crippen molar-refractivity contribution in [3.8, 4) is 0 Å². The SMILES string of the molecule is COC(=O)c1c(C)c2c(n1CCO[Si](C)(C)C(C)(C)C)N(C)C(N)N=C2NNC(=O)c1ccccn1. The van der Waals surface area contributed by atoms with Gasteiger partial charge in [0, 0.05) is 19.8 Å². The molecule has 36 heavy (non-hydrogen) atoms. The molecule has 1 aliphatic rings. The minimum atomic E-state index is -2.00. The van der Waals surface area contributed by atoms with Crippen LogP contribution in [0, 0.1) is 6.92 Å². The van der Waals surface area contributed by atoms with E-state index in [-0.39, 0.29) is 10.7 Å². The number of rotatable bonds is 6. The van der Waals surface area contributed by atoms with Gasteiger partial charge in [0.05, 0.1) is 19.3 Å². The first kappa shape index (κ1) is 27.4. The Hall–Kier alpha value is -3.22. The smallest absolute Gasteiger partial charge is 0.355 e. The third-order valence-corrected chi connectivity index (χ3v) is 11.4. The van der Waals surface area contributed by atoms with Gasteiger partial charge in [-0.05, 0) is 42.8 Å². The zero-order valence-corrected chi connectivity index (χ0v) is 23.3. The predicted molar refractivity (Wildman–Crippen MR) is 141 cm³/mol. The number of carbonyl (C=O) groups is 2. The maximum absolute atomic E-state index is 12.9. The number of nitrogens with one attached hydrogen (secondary N) is 2. The molecule has 1 amide bonds. The van der Waals surface area contributed by atoms with E-state index in [9.17, 15) is 9.59 Å². The fourth-order valence-electron chi connectivity index (χ4n) is 3.75. The van der Waals surface area contributed by atoms with Crippen molar-refractivity contribution in [1.82, 2.24) is 20.4 Å². The van der Waals surface area contributed by atoms with Gasteiger partial charge in [0.15, 0.2) is 20.4 Å². The third-order valence-electron chi connectivity index (χ3n) is 6.86. The number of esters is 1. The number of carbonyl (C=O) groups excluding carboxylic acids is 2. The second-order valence-corrected chi connectivity index (χ2v) is 15.0. The summed E-state index contributed by atoms with van der Waals surface area (Å²) in [6, 6.07) is 5.05. The maximum Gasteiger partial charge on any atom is 0.355 e. The first-order valence-corrected chi connectivity index (χ1v) is 14.7. The number of aromatic nitrogens is 2. The van der Waals surface area contributed by atoms with Crippen LogP contribution in [0.15, 0.2) is 29.4 Å². The van der Waals surface area contributed by atoms with Gasteiger partial charge in [-0.3, -0.25) is 26.4 Å². The lowest BCUT2D eigenvalue weighted by molar-refractivity contribution is 0.0586. The molecule has 0 aromatic carbocycles. The second kappa shape index (κ2) is 10.4. The molecule has 0 bridgehead atoms. The average molecular weight is 516 g/mol. The molecule has 1 unspecified atom stereocenters. The topological polar surface area (TPSA) is 136 Å². The van der Waals surface area contributed by atoms with Gasteiger partial charge in [0.25, 0.3) is 5.91 Å². The summed E-state index contributed by atoms with van der Waals surface area (Å²) < 4.78 is 13.4. The van der Waals surface area contributed by atoms with Crippen LogP contribution in [0.4, 0.5) is 5.82 Å². The molecule has 3 rings (SSSR count). The Bertz CT molecular complexity index is 1160. The van der Waals surface area contributed by atoms with E-state index in [0.29, 0.717) is 41.6 Å². The summed E-state index contributed by atoms with van der Waals surface area (Å²) >= 11 is 0. The number of ether oxygens (including phenoxy) is 1. The summed E-state index contributed by atoms with van der Waals surface area (Å²) in [5, 5.41) is 0.0545. The molecule has 1 atom stereocenters. The minimum absolute atomic E-state index is 0.0545. The van der Waals surface area contributed by atoms with Crippen molar-refractivity contribution in [3.05, 3.63) is 46.9 Å². The lowest BCUT2D eigenvalue weighted by Crippen LogP contribution is -2.49. The quantitative estimate of drug-likeness (QED) is 0.303. The molecule has 0 saturated heterocycles. The van der Waals surface area contributed by atoms with Crippen molar-refractivity contribution >= 4 is 31.8 Å². The molecule has 2 aromatic rings. The molecule has 0 radical (unpaired) electrons. The number of amides is 1. The van der Waals surface area contributed by atoms with Gasteiger partial charge >= 0.3 is 5.97 Å². The highest BCUT2D eigenvalue weighted by molar-refractivity contribution is 6.74. The number of fused-ring (bicyclic) bond motifs is 1. The van der Waals surface area contributed by atoms with Crippen molar-refractivity contribution in [1.29, 1.82) is 0 Å². The Morgan fingerprint density at radius 3 is 2.53 bits per heavy atom. The molecular formula is C24H37N7O4Si. The van der Waals surface area contributed by atoms with Gasteiger partial charge in [-0.25, -0.2) is 9.79 Å². The van der Waals surface area contributed by atoms with Gasteiger partial charge in [0.1, 0.15) is 17.2 Å². The van der Waals surface area contributed by atoms with Crippen LogP contribution in [0.5, 0.6) is 0 Å². The summed E-state index contributed by atoms with van der Waals surface area (Å²) in [6.45, 7) is 13.6. The Labute approximate surface area is 213 Å². The monoisotopic (exact) mass is 515 g/mol. The van der Waals surface area contributed by atoms with E-state index < -0.39 is 26.5 Å². The highest BCUT2D eigenvalue weighted by atomic mass is 28.4. The van der Waals surface area contributed by atoms with E-state index in [2.05, 4.69) is 54.7 Å². The number of hydrogen-bond donors (Lipinski definition) is 3. The molecule has 0 fully saturated rings. The molecule has 196 valence electrons. The highest BCUT2D eigenvalue weighted by Crippen LogP contribution is 2.37. The molecule has 3 heterocycles. The third kappa shape index (κ3) is 5.30. The van der Waals surface area contributed by atoms with Crippen LogP contribution < -0.4 is 21.5 Å². The van der Waals surface area contributed by atoms with Crippen molar-refractivity contribution < 1.29 is 18.8 Å². The van der Waals surface area contributed by atoms with Crippen LogP contribution in [-0.2, 0) is 15.7 Å². The zero-order valence-electron chi connectivity index (χ0n) is 22.3. The molecule has 0 spiro atoms. The van der Waals surface area contributed by atoms with Crippen LogP contribution in [-0.4, -0.2) is 62.6 Å². The maximum atomic E-state index is 12.9. The fraction of sp³-hybridized carbons (Fsp3) is 0.500. The molecule has 0 saturated carbocycles. The average Bonchev–Trinajstić information content (AvgIpc) is 3.11. The van der Waals surface area contributed by atoms with Gasteiger partial charge in [-0.2, -0.15) is 0 Å². The van der Waals surface area contributed by atoms with E-state index in [0.717, 1.165) is 0 Å². The predicted octanol–water partition coefficient (Wildman–Crippen LogP) is 2.37. The fourth-order valence-corrected chi connectivity index (χ4v) is 4.78. The number of hydrogen-bond acceptors (Lipinski definition) is 9. The molecule has 0 aliphatic carbocycles. The van der Waals surface area contributed by atoms with Gasteiger partial charge in [-0.15, -0.1) is 0 Å². The summed E-state index contributed by atoms with van der Waals surface area (Å²) in [4.78, 5) is 35.8. The van der Waals surface area contributed by atoms with Crippen LogP contribution in [0.2, 0.25) is 18.1 Å². The number of hydrazine groups is 1. The second-order valence-electron chi connectivity index (χ2n) is 10.2. The van der Waals surface area contributed by atoms with E-state index in [4.69, 9.17) is 14.9 Å². The molecule has 11 nitrogen and oxygen atoms in total. The Kier molecular flexibility index (Phi) is 7.91. The number of aliphatic imine (C=N–C) groups is 1. The molecule has 1 aliphatic heterocycles. The summed E-state index contributed by atoms with van der Waals surface area (Å²) in [6.07, 6.45) is 0.793. The van der Waals surface area contributed by atoms with Gasteiger partial charge in [0.2, 0.25) is 0 Å². The molecular weight excluding hydrogens is 478 g/mol. The van der Waals surface area contributed by atoms with Crippen molar-refractivity contribution in [2.75, 3.05) is 25.7 Å². The summed E-state index contributed by atoms with van der Waals surface area (Å²) in [5.41, 5.74) is 13.7. The Morgan fingerprint density at radius 1 is 1.25 bits per heavy atom. The largest absolute Gasteiger partial charge is 0.464 e. The highest BCUT2D eigenvalue weighted by Gasteiger charge is 2.38. The lowest BCUT2D eigenvalue weighted by Gasteiger charge is -2.36. The van der Waals surface area contributed by atoms with Crippen molar-refractivity contribution in [2.45, 2.75) is 58.7 Å². The van der Waals surface area contributed by atoms with Crippen LogP contribution in [0.1, 0.15) is 52.9 Å². The van der Waals surface area contributed by atoms with Crippen LogP contribution in [0.25, 0.3) is 0 Å². The number of methoxy groups -OCH3 is 1. The van der Waals surface area contributed by atoms with E-state index in [1.165, 1.54) is 13.3 Å². The first-order valence-electron chi connectivity index (χ1n) is 11.8.